The van der Waals surface area contributed by atoms with E-state index in [1.807, 2.05) is 38.2 Å². The lowest BCUT2D eigenvalue weighted by Crippen LogP contribution is -2.40. The van der Waals surface area contributed by atoms with Gasteiger partial charge >= 0.3 is 0 Å². The number of pyridine rings is 1. The van der Waals surface area contributed by atoms with Crippen LogP contribution in [0.1, 0.15) is 37.1 Å². The highest BCUT2D eigenvalue weighted by Gasteiger charge is 2.22. The van der Waals surface area contributed by atoms with Crippen LogP contribution in [0.5, 0.6) is 0 Å². The van der Waals surface area contributed by atoms with Crippen molar-refractivity contribution in [2.24, 2.45) is 0 Å². The van der Waals surface area contributed by atoms with E-state index in [-0.39, 0.29) is 11.6 Å². The number of hydrogen-bond donors (Lipinski definition) is 1. The third-order valence-corrected chi connectivity index (χ3v) is 5.60. The molecule has 1 aliphatic rings. The summed E-state index contributed by atoms with van der Waals surface area (Å²) in [6, 6.07) is 6.18. The van der Waals surface area contributed by atoms with Gasteiger partial charge in [-0.3, -0.25) is 4.79 Å². The van der Waals surface area contributed by atoms with Crippen molar-refractivity contribution in [3.63, 3.8) is 0 Å². The zero-order valence-electron chi connectivity index (χ0n) is 16.8. The molecule has 4 aromatic heterocycles. The smallest absolute Gasteiger partial charge is 0.276 e. The molecule has 1 saturated heterocycles. The number of hydrogen-bond acceptors (Lipinski definition) is 6. The minimum Gasteiger partial charge on any atom is -0.314 e. The first kappa shape index (κ1) is 17.9. The van der Waals surface area contributed by atoms with Gasteiger partial charge in [-0.1, -0.05) is 0 Å². The van der Waals surface area contributed by atoms with Crippen molar-refractivity contribution in [2.45, 2.75) is 45.7 Å². The Labute approximate surface area is 167 Å². The highest BCUT2D eigenvalue weighted by Crippen LogP contribution is 2.22. The summed E-state index contributed by atoms with van der Waals surface area (Å²) in [5, 5.41) is 13.1. The van der Waals surface area contributed by atoms with Gasteiger partial charge in [0.1, 0.15) is 5.69 Å². The fourth-order valence-corrected chi connectivity index (χ4v) is 4.15. The van der Waals surface area contributed by atoms with Crippen LogP contribution in [0.4, 0.5) is 0 Å². The first-order valence-electron chi connectivity index (χ1n) is 9.95. The van der Waals surface area contributed by atoms with Gasteiger partial charge in [-0.05, 0) is 63.9 Å². The van der Waals surface area contributed by atoms with Gasteiger partial charge in [0, 0.05) is 6.04 Å². The molecule has 1 N–H and O–H groups in total. The molecular formula is C21H23N7O. The van der Waals surface area contributed by atoms with E-state index in [0.717, 1.165) is 42.0 Å². The zero-order chi connectivity index (χ0) is 20.1. The maximum absolute atomic E-state index is 13.0. The van der Waals surface area contributed by atoms with Gasteiger partial charge in [-0.2, -0.15) is 10.2 Å². The van der Waals surface area contributed by atoms with E-state index in [9.17, 15) is 4.79 Å². The van der Waals surface area contributed by atoms with Gasteiger partial charge in [0.2, 0.25) is 0 Å². The molecule has 0 spiro atoms. The fourth-order valence-electron chi connectivity index (χ4n) is 4.15. The molecule has 2 atom stereocenters. The largest absolute Gasteiger partial charge is 0.314 e. The quantitative estimate of drug-likeness (QED) is 0.566. The molecule has 1 fully saturated rings. The molecule has 8 heteroatoms. The van der Waals surface area contributed by atoms with E-state index in [0.29, 0.717) is 22.6 Å². The van der Waals surface area contributed by atoms with Gasteiger partial charge in [0.25, 0.3) is 5.56 Å². The number of imidazole rings is 1. The minimum absolute atomic E-state index is 0.0783. The van der Waals surface area contributed by atoms with Crippen molar-refractivity contribution < 1.29 is 0 Å². The van der Waals surface area contributed by atoms with Crippen molar-refractivity contribution in [3.8, 4) is 11.4 Å². The van der Waals surface area contributed by atoms with E-state index in [2.05, 4.69) is 32.4 Å². The predicted octanol–water partition coefficient (Wildman–Crippen LogP) is 2.43. The standard InChI is InChI=1S/C21H23N7O/c1-12-8-18(26-27-11-14(3)24-20(12)27)17-5-4-16-19(25-17)10-23-28(21(16)29)15-6-7-22-13(2)9-15/h4-5,8,10-11,13,15,22H,6-7,9H2,1-3H3. The van der Waals surface area contributed by atoms with Crippen LogP contribution in [0, 0.1) is 13.8 Å². The highest BCUT2D eigenvalue weighted by molar-refractivity contribution is 5.79. The van der Waals surface area contributed by atoms with Gasteiger partial charge in [-0.15, -0.1) is 0 Å². The molecule has 0 bridgehead atoms. The molecule has 1 aliphatic heterocycles. The second-order valence-electron chi connectivity index (χ2n) is 7.92. The maximum atomic E-state index is 13.0. The van der Waals surface area contributed by atoms with E-state index in [1.165, 1.54) is 0 Å². The van der Waals surface area contributed by atoms with Crippen molar-refractivity contribution in [1.29, 1.82) is 0 Å². The molecule has 2 unspecified atom stereocenters. The van der Waals surface area contributed by atoms with Crippen molar-refractivity contribution in [2.75, 3.05) is 6.54 Å². The van der Waals surface area contributed by atoms with E-state index in [1.54, 1.807) is 15.4 Å². The van der Waals surface area contributed by atoms with Gasteiger partial charge in [-0.25, -0.2) is 19.2 Å². The van der Waals surface area contributed by atoms with Crippen LogP contribution < -0.4 is 10.9 Å². The Hall–Kier alpha value is -3.13. The Morgan fingerprint density at radius 2 is 2.03 bits per heavy atom. The Bertz CT molecular complexity index is 1290. The van der Waals surface area contributed by atoms with Crippen molar-refractivity contribution >= 4 is 16.6 Å². The normalized spacial score (nSPS) is 19.8. The highest BCUT2D eigenvalue weighted by atomic mass is 16.1. The van der Waals surface area contributed by atoms with Crippen LogP contribution in [0.15, 0.2) is 35.4 Å². The Morgan fingerprint density at radius 1 is 1.17 bits per heavy atom. The Balaban J connectivity index is 1.58. The van der Waals surface area contributed by atoms with Gasteiger partial charge < -0.3 is 5.32 Å². The van der Waals surface area contributed by atoms with Crippen LogP contribution in [-0.2, 0) is 0 Å². The molecule has 0 saturated carbocycles. The summed E-state index contributed by atoms with van der Waals surface area (Å²) in [5.74, 6) is 0. The topological polar surface area (TPSA) is 90.0 Å². The second kappa shape index (κ2) is 6.73. The third-order valence-electron chi connectivity index (χ3n) is 5.60. The lowest BCUT2D eigenvalue weighted by Gasteiger charge is -2.28. The molecule has 5 rings (SSSR count). The average Bonchev–Trinajstić information content (AvgIpc) is 3.09. The SMILES string of the molecule is Cc1cn2nc(-c3ccc4c(=O)n(C5CCNC(C)C5)ncc4n3)cc(C)c2n1. The average molecular weight is 389 g/mol. The molecule has 0 amide bonds. The Morgan fingerprint density at radius 3 is 2.86 bits per heavy atom. The van der Waals surface area contributed by atoms with Crippen molar-refractivity contribution in [3.05, 3.63) is 52.2 Å². The Kier molecular flexibility index (Phi) is 4.16. The molecule has 5 heterocycles. The zero-order valence-corrected chi connectivity index (χ0v) is 16.8. The number of piperidine rings is 1. The number of nitrogens with zero attached hydrogens (tertiary/aromatic N) is 6. The number of fused-ring (bicyclic) bond motifs is 2. The van der Waals surface area contributed by atoms with Gasteiger partial charge in [0.15, 0.2) is 5.65 Å². The summed E-state index contributed by atoms with van der Waals surface area (Å²) in [6.07, 6.45) is 5.39. The molecular weight excluding hydrogens is 366 g/mol. The van der Waals surface area contributed by atoms with Crippen LogP contribution in [0.25, 0.3) is 27.9 Å². The summed E-state index contributed by atoms with van der Waals surface area (Å²) in [4.78, 5) is 22.2. The van der Waals surface area contributed by atoms with Gasteiger partial charge in [0.05, 0.1) is 40.7 Å². The second-order valence-corrected chi connectivity index (χ2v) is 7.92. The lowest BCUT2D eigenvalue weighted by atomic mass is 10.0. The number of aromatic nitrogens is 6. The summed E-state index contributed by atoms with van der Waals surface area (Å²) < 4.78 is 3.41. The monoisotopic (exact) mass is 389 g/mol. The minimum atomic E-state index is -0.0783. The van der Waals surface area contributed by atoms with E-state index < -0.39 is 0 Å². The summed E-state index contributed by atoms with van der Waals surface area (Å²) in [7, 11) is 0. The van der Waals surface area contributed by atoms with Crippen LogP contribution in [-0.4, -0.2) is 41.9 Å². The molecule has 148 valence electrons. The molecule has 0 aromatic carbocycles. The fraction of sp³-hybridized carbons (Fsp3) is 0.381. The summed E-state index contributed by atoms with van der Waals surface area (Å²) >= 11 is 0. The predicted molar refractivity (Wildman–Crippen MR) is 111 cm³/mol. The molecule has 0 radical (unpaired) electrons. The molecule has 0 aliphatic carbocycles. The van der Waals surface area contributed by atoms with Crippen LogP contribution >= 0.6 is 0 Å². The lowest BCUT2D eigenvalue weighted by molar-refractivity contribution is 0.288. The van der Waals surface area contributed by atoms with E-state index in [4.69, 9.17) is 0 Å². The number of nitrogens with one attached hydrogen (secondary N) is 1. The van der Waals surface area contributed by atoms with E-state index >= 15 is 0 Å². The molecule has 8 nitrogen and oxygen atoms in total. The molecule has 29 heavy (non-hydrogen) atoms. The first-order valence-corrected chi connectivity index (χ1v) is 9.95. The van der Waals surface area contributed by atoms with Crippen LogP contribution in [0.3, 0.4) is 0 Å². The summed E-state index contributed by atoms with van der Waals surface area (Å²) in [6.45, 7) is 6.99. The summed E-state index contributed by atoms with van der Waals surface area (Å²) in [5.41, 5.74) is 4.75. The third kappa shape index (κ3) is 3.09. The number of aryl methyl sites for hydroxylation is 2. The molecule has 4 aromatic rings. The van der Waals surface area contributed by atoms with Crippen LogP contribution in [0.2, 0.25) is 0 Å². The first-order chi connectivity index (χ1) is 14.0. The number of rotatable bonds is 2. The maximum Gasteiger partial charge on any atom is 0.276 e. The van der Waals surface area contributed by atoms with Crippen molar-refractivity contribution in [1.82, 2.24) is 34.7 Å².